The maximum atomic E-state index is 10.9. The fraction of sp³-hybridized carbons (Fsp3) is 0.308. The normalized spacial score (nSPS) is 15.7. The highest BCUT2D eigenvalue weighted by Gasteiger charge is 2.13. The highest BCUT2D eigenvalue weighted by atomic mass is 16.4. The molecular weight excluding hydrogens is 244 g/mol. The molecule has 6 nitrogen and oxygen atoms in total. The van der Waals surface area contributed by atoms with Crippen molar-refractivity contribution in [2.45, 2.75) is 0 Å². The van der Waals surface area contributed by atoms with E-state index in [-0.39, 0.29) is 5.69 Å². The molecule has 1 aliphatic rings. The Kier molecular flexibility index (Phi) is 3.00. The van der Waals surface area contributed by atoms with Crippen LogP contribution in [0, 0.1) is 0 Å². The molecule has 3 heterocycles. The molecule has 0 unspecified atom stereocenters. The number of rotatable bonds is 2. The molecule has 2 aromatic heterocycles. The molecule has 2 aromatic rings. The van der Waals surface area contributed by atoms with Gasteiger partial charge < -0.3 is 15.3 Å². The molecule has 2 N–H and O–H groups in total. The van der Waals surface area contributed by atoms with Gasteiger partial charge in [0.05, 0.1) is 0 Å². The summed E-state index contributed by atoms with van der Waals surface area (Å²) in [6.45, 7) is 3.67. The number of hydrogen-bond donors (Lipinski definition) is 2. The molecule has 98 valence electrons. The van der Waals surface area contributed by atoms with Crippen LogP contribution in [0.4, 0.5) is 5.82 Å². The van der Waals surface area contributed by atoms with Gasteiger partial charge in [-0.05, 0) is 24.3 Å². The number of piperazine rings is 1. The van der Waals surface area contributed by atoms with Crippen molar-refractivity contribution in [3.63, 3.8) is 0 Å². The lowest BCUT2D eigenvalue weighted by Gasteiger charge is -2.28. The molecule has 0 aromatic carbocycles. The van der Waals surface area contributed by atoms with Crippen molar-refractivity contribution >= 4 is 22.8 Å². The van der Waals surface area contributed by atoms with Crippen molar-refractivity contribution < 1.29 is 9.90 Å². The zero-order valence-electron chi connectivity index (χ0n) is 10.3. The van der Waals surface area contributed by atoms with E-state index in [4.69, 9.17) is 5.11 Å². The molecule has 3 rings (SSSR count). The third-order valence-corrected chi connectivity index (χ3v) is 3.20. The minimum absolute atomic E-state index is 0.0254. The van der Waals surface area contributed by atoms with Crippen LogP contribution in [0.1, 0.15) is 10.5 Å². The van der Waals surface area contributed by atoms with E-state index in [1.165, 1.54) is 6.07 Å². The summed E-state index contributed by atoms with van der Waals surface area (Å²) in [7, 11) is 0. The third kappa shape index (κ3) is 2.34. The highest BCUT2D eigenvalue weighted by molar-refractivity contribution is 5.89. The minimum atomic E-state index is -1.03. The second-order valence-electron chi connectivity index (χ2n) is 4.45. The van der Waals surface area contributed by atoms with Gasteiger partial charge in [0, 0.05) is 31.6 Å². The zero-order chi connectivity index (χ0) is 13.2. The van der Waals surface area contributed by atoms with Crippen molar-refractivity contribution in [1.29, 1.82) is 0 Å². The summed E-state index contributed by atoms with van der Waals surface area (Å²) >= 11 is 0. The first-order valence-corrected chi connectivity index (χ1v) is 6.21. The number of nitrogens with one attached hydrogen (secondary N) is 1. The SMILES string of the molecule is O=C(O)c1ccc2ccc(N3CCNCC3)nc2n1. The topological polar surface area (TPSA) is 78.4 Å². The number of carboxylic acid groups (broad SMARTS) is 1. The molecule has 1 fully saturated rings. The minimum Gasteiger partial charge on any atom is -0.477 e. The summed E-state index contributed by atoms with van der Waals surface area (Å²) in [4.78, 5) is 21.6. The molecule has 1 saturated heterocycles. The second-order valence-corrected chi connectivity index (χ2v) is 4.45. The van der Waals surface area contributed by atoms with Crippen molar-refractivity contribution in [2.75, 3.05) is 31.1 Å². The van der Waals surface area contributed by atoms with E-state index in [1.807, 2.05) is 12.1 Å². The second kappa shape index (κ2) is 4.81. The molecule has 0 aliphatic carbocycles. The Balaban J connectivity index is 2.00. The Labute approximate surface area is 110 Å². The fourth-order valence-electron chi connectivity index (χ4n) is 2.18. The van der Waals surface area contributed by atoms with Gasteiger partial charge in [-0.25, -0.2) is 14.8 Å². The first-order chi connectivity index (χ1) is 9.24. The molecule has 6 heteroatoms. The van der Waals surface area contributed by atoms with Crippen molar-refractivity contribution in [3.05, 3.63) is 30.0 Å². The summed E-state index contributed by atoms with van der Waals surface area (Å²) in [5.41, 5.74) is 0.508. The summed E-state index contributed by atoms with van der Waals surface area (Å²) in [5.74, 6) is -0.180. The van der Waals surface area contributed by atoms with Crippen LogP contribution in [0.5, 0.6) is 0 Å². The molecule has 19 heavy (non-hydrogen) atoms. The molecule has 0 saturated carbocycles. The smallest absolute Gasteiger partial charge is 0.354 e. The van der Waals surface area contributed by atoms with E-state index in [0.717, 1.165) is 37.4 Å². The van der Waals surface area contributed by atoms with Crippen LogP contribution in [0.15, 0.2) is 24.3 Å². The Morgan fingerprint density at radius 2 is 1.89 bits per heavy atom. The van der Waals surface area contributed by atoms with E-state index in [2.05, 4.69) is 20.2 Å². The van der Waals surface area contributed by atoms with Crippen LogP contribution in [-0.4, -0.2) is 47.2 Å². The number of anilines is 1. The number of aromatic nitrogens is 2. The lowest BCUT2D eigenvalue weighted by Crippen LogP contribution is -2.43. The molecule has 0 bridgehead atoms. The number of fused-ring (bicyclic) bond motifs is 1. The Hall–Kier alpha value is -2.21. The molecule has 0 atom stereocenters. The van der Waals surface area contributed by atoms with Gasteiger partial charge in [-0.1, -0.05) is 0 Å². The van der Waals surface area contributed by atoms with Gasteiger partial charge in [0.2, 0.25) is 0 Å². The van der Waals surface area contributed by atoms with Crippen LogP contribution < -0.4 is 10.2 Å². The van der Waals surface area contributed by atoms with Gasteiger partial charge in [-0.3, -0.25) is 0 Å². The van der Waals surface area contributed by atoms with E-state index in [1.54, 1.807) is 6.07 Å². The third-order valence-electron chi connectivity index (χ3n) is 3.20. The van der Waals surface area contributed by atoms with Gasteiger partial charge in [0.25, 0.3) is 0 Å². The molecule has 1 aliphatic heterocycles. The van der Waals surface area contributed by atoms with E-state index < -0.39 is 5.97 Å². The predicted molar refractivity (Wildman–Crippen MR) is 71.6 cm³/mol. The summed E-state index contributed by atoms with van der Waals surface area (Å²) in [6.07, 6.45) is 0. The predicted octanol–water partition coefficient (Wildman–Crippen LogP) is 0.738. The maximum absolute atomic E-state index is 10.9. The van der Waals surface area contributed by atoms with Crippen LogP contribution in [0.3, 0.4) is 0 Å². The molecule has 0 amide bonds. The number of nitrogens with zero attached hydrogens (tertiary/aromatic N) is 3. The molecular formula is C13H14N4O2. The van der Waals surface area contributed by atoms with Gasteiger partial charge in [-0.15, -0.1) is 0 Å². The summed E-state index contributed by atoms with van der Waals surface area (Å²) in [6, 6.07) is 7.12. The van der Waals surface area contributed by atoms with Gasteiger partial charge >= 0.3 is 5.97 Å². The van der Waals surface area contributed by atoms with Crippen LogP contribution in [-0.2, 0) is 0 Å². The van der Waals surface area contributed by atoms with Crippen LogP contribution in [0.2, 0.25) is 0 Å². The van der Waals surface area contributed by atoms with E-state index >= 15 is 0 Å². The number of pyridine rings is 2. The molecule has 0 radical (unpaired) electrons. The summed E-state index contributed by atoms with van der Waals surface area (Å²) in [5, 5.41) is 13.1. The standard InChI is InChI=1S/C13H14N4O2/c18-13(19)10-3-1-9-2-4-11(16-12(9)15-10)17-7-5-14-6-8-17/h1-4,14H,5-8H2,(H,18,19). The zero-order valence-corrected chi connectivity index (χ0v) is 10.3. The number of hydrogen-bond acceptors (Lipinski definition) is 5. The Bertz CT molecular complexity index is 623. The highest BCUT2D eigenvalue weighted by Crippen LogP contribution is 2.17. The van der Waals surface area contributed by atoms with Crippen molar-refractivity contribution in [3.8, 4) is 0 Å². The van der Waals surface area contributed by atoms with E-state index in [9.17, 15) is 4.79 Å². The lowest BCUT2D eigenvalue weighted by molar-refractivity contribution is 0.0691. The number of carbonyl (C=O) groups is 1. The average Bonchev–Trinajstić information content (AvgIpc) is 2.47. The fourth-order valence-corrected chi connectivity index (χ4v) is 2.18. The Morgan fingerprint density at radius 3 is 2.63 bits per heavy atom. The maximum Gasteiger partial charge on any atom is 0.354 e. The van der Waals surface area contributed by atoms with Crippen molar-refractivity contribution in [1.82, 2.24) is 15.3 Å². The lowest BCUT2D eigenvalue weighted by atomic mass is 10.2. The van der Waals surface area contributed by atoms with Gasteiger partial charge in [0.1, 0.15) is 5.82 Å². The molecule has 0 spiro atoms. The summed E-state index contributed by atoms with van der Waals surface area (Å²) < 4.78 is 0. The Morgan fingerprint density at radius 1 is 1.16 bits per heavy atom. The average molecular weight is 258 g/mol. The van der Waals surface area contributed by atoms with Crippen molar-refractivity contribution in [2.24, 2.45) is 0 Å². The first kappa shape index (κ1) is 11.9. The quantitative estimate of drug-likeness (QED) is 0.827. The van der Waals surface area contributed by atoms with Crippen LogP contribution >= 0.6 is 0 Å². The van der Waals surface area contributed by atoms with Gasteiger partial charge in [0.15, 0.2) is 11.3 Å². The van der Waals surface area contributed by atoms with Gasteiger partial charge in [-0.2, -0.15) is 0 Å². The van der Waals surface area contributed by atoms with E-state index in [0.29, 0.717) is 5.65 Å². The van der Waals surface area contributed by atoms with Crippen LogP contribution in [0.25, 0.3) is 11.0 Å². The number of carboxylic acids is 1. The largest absolute Gasteiger partial charge is 0.477 e. The monoisotopic (exact) mass is 258 g/mol. The first-order valence-electron chi connectivity index (χ1n) is 6.21. The number of aromatic carboxylic acids is 1.